The Morgan fingerprint density at radius 1 is 1.18 bits per heavy atom. The van der Waals surface area contributed by atoms with E-state index in [1.807, 2.05) is 0 Å². The van der Waals surface area contributed by atoms with Crippen LogP contribution in [0.1, 0.15) is 31.4 Å². The van der Waals surface area contributed by atoms with Crippen LogP contribution in [0.25, 0.3) is 10.8 Å². The van der Waals surface area contributed by atoms with Crippen molar-refractivity contribution in [3.63, 3.8) is 0 Å². The highest BCUT2D eigenvalue weighted by atomic mass is 14.6. The second kappa shape index (κ2) is 5.15. The molecule has 2 rings (SSSR count). The summed E-state index contributed by atoms with van der Waals surface area (Å²) in [5.41, 5.74) is 8.71. The SMILES string of the molecule is C=C(CC)CC(N)c1cccc2ccccc12. The summed E-state index contributed by atoms with van der Waals surface area (Å²) in [5.74, 6) is 0. The topological polar surface area (TPSA) is 26.0 Å². The molecule has 0 fully saturated rings. The lowest BCUT2D eigenvalue weighted by atomic mass is 9.94. The van der Waals surface area contributed by atoms with E-state index in [-0.39, 0.29) is 6.04 Å². The van der Waals surface area contributed by atoms with E-state index < -0.39 is 0 Å². The molecular formula is C16H19N. The van der Waals surface area contributed by atoms with Gasteiger partial charge in [0.15, 0.2) is 0 Å². The molecule has 0 saturated heterocycles. The van der Waals surface area contributed by atoms with Gasteiger partial charge in [0.1, 0.15) is 0 Å². The maximum Gasteiger partial charge on any atom is 0.0338 e. The van der Waals surface area contributed by atoms with Crippen molar-refractivity contribution in [3.05, 3.63) is 60.2 Å². The van der Waals surface area contributed by atoms with E-state index in [1.54, 1.807) is 0 Å². The van der Waals surface area contributed by atoms with Gasteiger partial charge in [0, 0.05) is 6.04 Å². The molecule has 0 saturated carbocycles. The third-order valence-corrected chi connectivity index (χ3v) is 3.23. The van der Waals surface area contributed by atoms with Crippen LogP contribution in [-0.2, 0) is 0 Å². The molecule has 0 aliphatic heterocycles. The van der Waals surface area contributed by atoms with Crippen molar-refractivity contribution in [2.75, 3.05) is 0 Å². The highest BCUT2D eigenvalue weighted by Gasteiger charge is 2.10. The fraction of sp³-hybridized carbons (Fsp3) is 0.250. The summed E-state index contributed by atoms with van der Waals surface area (Å²) >= 11 is 0. The number of nitrogens with two attached hydrogens (primary N) is 1. The van der Waals surface area contributed by atoms with Gasteiger partial charge in [-0.3, -0.25) is 0 Å². The van der Waals surface area contributed by atoms with Gasteiger partial charge in [-0.1, -0.05) is 61.5 Å². The van der Waals surface area contributed by atoms with Crippen molar-refractivity contribution in [1.29, 1.82) is 0 Å². The zero-order valence-electron chi connectivity index (χ0n) is 10.3. The molecule has 1 heteroatoms. The van der Waals surface area contributed by atoms with Crippen LogP contribution in [0.4, 0.5) is 0 Å². The quantitative estimate of drug-likeness (QED) is 0.775. The first kappa shape index (κ1) is 11.9. The largest absolute Gasteiger partial charge is 0.324 e. The van der Waals surface area contributed by atoms with Gasteiger partial charge in [-0.15, -0.1) is 0 Å². The maximum atomic E-state index is 6.28. The van der Waals surface area contributed by atoms with Crippen LogP contribution in [0.15, 0.2) is 54.6 Å². The summed E-state index contributed by atoms with van der Waals surface area (Å²) in [6, 6.07) is 14.8. The summed E-state index contributed by atoms with van der Waals surface area (Å²) in [7, 11) is 0. The highest BCUT2D eigenvalue weighted by Crippen LogP contribution is 2.26. The van der Waals surface area contributed by atoms with Crippen molar-refractivity contribution < 1.29 is 0 Å². The Morgan fingerprint density at radius 2 is 1.88 bits per heavy atom. The van der Waals surface area contributed by atoms with Crippen molar-refractivity contribution in [1.82, 2.24) is 0 Å². The van der Waals surface area contributed by atoms with Crippen LogP contribution in [0, 0.1) is 0 Å². The molecule has 1 atom stereocenters. The summed E-state index contributed by atoms with van der Waals surface area (Å²) in [4.78, 5) is 0. The lowest BCUT2D eigenvalue weighted by Gasteiger charge is -2.15. The maximum absolute atomic E-state index is 6.28. The minimum absolute atomic E-state index is 0.0496. The molecule has 0 aliphatic carbocycles. The van der Waals surface area contributed by atoms with Gasteiger partial charge in [-0.05, 0) is 29.2 Å². The van der Waals surface area contributed by atoms with E-state index >= 15 is 0 Å². The Labute approximate surface area is 103 Å². The molecule has 0 spiro atoms. The molecule has 0 heterocycles. The number of hydrogen-bond acceptors (Lipinski definition) is 1. The predicted molar refractivity (Wildman–Crippen MR) is 74.9 cm³/mol. The smallest absolute Gasteiger partial charge is 0.0338 e. The van der Waals surface area contributed by atoms with Crippen molar-refractivity contribution in [2.24, 2.45) is 5.73 Å². The van der Waals surface area contributed by atoms with Crippen LogP contribution in [0.5, 0.6) is 0 Å². The van der Waals surface area contributed by atoms with E-state index in [2.05, 4.69) is 56.0 Å². The van der Waals surface area contributed by atoms with Crippen LogP contribution >= 0.6 is 0 Å². The van der Waals surface area contributed by atoms with Crippen LogP contribution in [-0.4, -0.2) is 0 Å². The molecule has 88 valence electrons. The summed E-state index contributed by atoms with van der Waals surface area (Å²) in [6.07, 6.45) is 1.86. The van der Waals surface area contributed by atoms with Gasteiger partial charge in [0.2, 0.25) is 0 Å². The van der Waals surface area contributed by atoms with E-state index in [0.717, 1.165) is 12.8 Å². The number of rotatable bonds is 4. The monoisotopic (exact) mass is 225 g/mol. The summed E-state index contributed by atoms with van der Waals surface area (Å²) < 4.78 is 0. The Bertz CT molecular complexity index is 523. The van der Waals surface area contributed by atoms with Crippen LogP contribution < -0.4 is 5.73 Å². The minimum atomic E-state index is 0.0496. The van der Waals surface area contributed by atoms with Crippen molar-refractivity contribution >= 4 is 10.8 Å². The van der Waals surface area contributed by atoms with E-state index in [4.69, 9.17) is 5.73 Å². The lowest BCUT2D eigenvalue weighted by molar-refractivity contribution is 0.706. The molecule has 1 unspecified atom stereocenters. The van der Waals surface area contributed by atoms with Crippen LogP contribution in [0.3, 0.4) is 0 Å². The first-order valence-corrected chi connectivity index (χ1v) is 6.12. The zero-order chi connectivity index (χ0) is 12.3. The average Bonchev–Trinajstić information content (AvgIpc) is 2.37. The third-order valence-electron chi connectivity index (χ3n) is 3.23. The molecule has 0 aromatic heterocycles. The molecule has 0 amide bonds. The molecule has 1 nitrogen and oxygen atoms in total. The Balaban J connectivity index is 2.38. The molecule has 2 aromatic carbocycles. The molecule has 17 heavy (non-hydrogen) atoms. The van der Waals surface area contributed by atoms with Gasteiger partial charge in [-0.2, -0.15) is 0 Å². The second-order valence-corrected chi connectivity index (χ2v) is 4.48. The Hall–Kier alpha value is -1.60. The third kappa shape index (κ3) is 2.56. The number of benzene rings is 2. The van der Waals surface area contributed by atoms with Crippen molar-refractivity contribution in [3.8, 4) is 0 Å². The first-order valence-electron chi connectivity index (χ1n) is 6.12. The lowest BCUT2D eigenvalue weighted by Crippen LogP contribution is -2.11. The van der Waals surface area contributed by atoms with Crippen LogP contribution in [0.2, 0.25) is 0 Å². The van der Waals surface area contributed by atoms with E-state index in [9.17, 15) is 0 Å². The molecule has 2 N–H and O–H groups in total. The number of hydrogen-bond donors (Lipinski definition) is 1. The molecule has 2 aromatic rings. The van der Waals surface area contributed by atoms with Gasteiger partial charge in [0.25, 0.3) is 0 Å². The Morgan fingerprint density at radius 3 is 2.65 bits per heavy atom. The first-order chi connectivity index (χ1) is 8.22. The molecule has 0 aliphatic rings. The second-order valence-electron chi connectivity index (χ2n) is 4.48. The predicted octanol–water partition coefficient (Wildman–Crippen LogP) is 4.20. The average molecular weight is 225 g/mol. The molecule has 0 bridgehead atoms. The standard InChI is InChI=1S/C16H19N/c1-3-12(2)11-16(17)15-10-6-8-13-7-4-5-9-14(13)15/h4-10,16H,2-3,11,17H2,1H3. The number of fused-ring (bicyclic) bond motifs is 1. The van der Waals surface area contributed by atoms with Gasteiger partial charge in [0.05, 0.1) is 0 Å². The van der Waals surface area contributed by atoms with Gasteiger partial charge >= 0.3 is 0 Å². The highest BCUT2D eigenvalue weighted by molar-refractivity contribution is 5.86. The normalized spacial score (nSPS) is 12.6. The fourth-order valence-electron chi connectivity index (χ4n) is 2.14. The molecular weight excluding hydrogens is 206 g/mol. The minimum Gasteiger partial charge on any atom is -0.324 e. The fourth-order valence-corrected chi connectivity index (χ4v) is 2.14. The molecule has 0 radical (unpaired) electrons. The van der Waals surface area contributed by atoms with E-state index in [0.29, 0.717) is 0 Å². The summed E-state index contributed by atoms with van der Waals surface area (Å²) in [5, 5.41) is 2.51. The van der Waals surface area contributed by atoms with Gasteiger partial charge < -0.3 is 5.73 Å². The van der Waals surface area contributed by atoms with Gasteiger partial charge in [-0.25, -0.2) is 0 Å². The Kier molecular flexibility index (Phi) is 3.60. The zero-order valence-corrected chi connectivity index (χ0v) is 10.3. The van der Waals surface area contributed by atoms with E-state index in [1.165, 1.54) is 21.9 Å². The summed E-state index contributed by atoms with van der Waals surface area (Å²) in [6.45, 7) is 6.16. The van der Waals surface area contributed by atoms with Crippen molar-refractivity contribution in [2.45, 2.75) is 25.8 Å².